The minimum Gasteiger partial charge on any atom is -0.374 e. The van der Waals surface area contributed by atoms with E-state index in [1.807, 2.05) is 6.92 Å². The number of hydrogen-bond donors (Lipinski definition) is 1. The van der Waals surface area contributed by atoms with Crippen LogP contribution in [-0.4, -0.2) is 42.6 Å². The van der Waals surface area contributed by atoms with Gasteiger partial charge in [0.15, 0.2) is 5.82 Å². The summed E-state index contributed by atoms with van der Waals surface area (Å²) < 4.78 is 9.64. The number of methoxy groups -OCH3 is 1. The average Bonchev–Trinajstić information content (AvgIpc) is 2.94. The van der Waals surface area contributed by atoms with Crippen LogP contribution in [0.25, 0.3) is 0 Å². The third-order valence-electron chi connectivity index (χ3n) is 3.72. The predicted octanol–water partition coefficient (Wildman–Crippen LogP) is 2.07. The molecule has 0 aliphatic carbocycles. The van der Waals surface area contributed by atoms with Crippen molar-refractivity contribution in [1.82, 2.24) is 14.7 Å². The van der Waals surface area contributed by atoms with Gasteiger partial charge in [-0.3, -0.25) is 0 Å². The number of aromatic nitrogens is 2. The number of nitrogens with zero attached hydrogens (tertiary/aromatic N) is 3. The Morgan fingerprint density at radius 2 is 2.21 bits per heavy atom. The van der Waals surface area contributed by atoms with Crippen LogP contribution in [0.3, 0.4) is 0 Å². The molecule has 2 heterocycles. The summed E-state index contributed by atoms with van der Waals surface area (Å²) in [6.45, 7) is 8.53. The molecule has 108 valence electrons. The van der Waals surface area contributed by atoms with Gasteiger partial charge in [0.2, 0.25) is 5.13 Å². The van der Waals surface area contributed by atoms with Gasteiger partial charge >= 0.3 is 0 Å². The molecule has 1 saturated heterocycles. The molecular formula is C13H24N4OS. The average molecular weight is 284 g/mol. The van der Waals surface area contributed by atoms with Gasteiger partial charge in [-0.25, -0.2) is 4.98 Å². The van der Waals surface area contributed by atoms with E-state index in [-0.39, 0.29) is 6.10 Å². The summed E-state index contributed by atoms with van der Waals surface area (Å²) in [6.07, 6.45) is 2.46. The van der Waals surface area contributed by atoms with E-state index in [0.717, 1.165) is 43.1 Å². The highest BCUT2D eigenvalue weighted by molar-refractivity contribution is 7.09. The van der Waals surface area contributed by atoms with E-state index in [4.69, 9.17) is 4.74 Å². The number of anilines is 1. The van der Waals surface area contributed by atoms with Crippen LogP contribution in [0.4, 0.5) is 5.13 Å². The Morgan fingerprint density at radius 3 is 2.84 bits per heavy atom. The zero-order valence-corrected chi connectivity index (χ0v) is 12.9. The maximum absolute atomic E-state index is 5.25. The van der Waals surface area contributed by atoms with E-state index < -0.39 is 0 Å². The molecule has 1 aliphatic heterocycles. The zero-order valence-electron chi connectivity index (χ0n) is 12.1. The van der Waals surface area contributed by atoms with Crippen LogP contribution in [0.1, 0.15) is 38.6 Å². The van der Waals surface area contributed by atoms with Crippen LogP contribution in [0.5, 0.6) is 0 Å². The fourth-order valence-corrected chi connectivity index (χ4v) is 3.10. The Hall–Kier alpha value is -0.720. The molecule has 1 atom stereocenters. The summed E-state index contributed by atoms with van der Waals surface area (Å²) in [7, 11) is 1.69. The topological polar surface area (TPSA) is 50.3 Å². The Balaban J connectivity index is 1.85. The first kappa shape index (κ1) is 14.7. The van der Waals surface area contributed by atoms with E-state index in [2.05, 4.69) is 26.5 Å². The van der Waals surface area contributed by atoms with Crippen molar-refractivity contribution in [2.24, 2.45) is 5.92 Å². The highest BCUT2D eigenvalue weighted by atomic mass is 32.1. The minimum absolute atomic E-state index is 0.0173. The van der Waals surface area contributed by atoms with Crippen LogP contribution in [0.15, 0.2) is 0 Å². The molecule has 19 heavy (non-hydrogen) atoms. The van der Waals surface area contributed by atoms with Gasteiger partial charge in [-0.2, -0.15) is 4.37 Å². The first-order valence-corrected chi connectivity index (χ1v) is 7.84. The summed E-state index contributed by atoms with van der Waals surface area (Å²) in [4.78, 5) is 6.94. The number of nitrogens with one attached hydrogen (secondary N) is 1. The predicted molar refractivity (Wildman–Crippen MR) is 78.8 cm³/mol. The van der Waals surface area contributed by atoms with Crippen LogP contribution in [0, 0.1) is 5.92 Å². The molecule has 6 heteroatoms. The standard InChI is InChI=1S/C13H24N4OS/c1-4-14-9-11-5-7-17(8-6-11)13-15-12(16-19-13)10(2)18-3/h10-11,14H,4-9H2,1-3H3. The smallest absolute Gasteiger partial charge is 0.205 e. The number of ether oxygens (including phenoxy) is 1. The minimum atomic E-state index is -0.0173. The monoisotopic (exact) mass is 284 g/mol. The van der Waals surface area contributed by atoms with Gasteiger partial charge in [-0.15, -0.1) is 0 Å². The molecule has 1 aliphatic rings. The number of rotatable bonds is 6. The quantitative estimate of drug-likeness (QED) is 0.866. The largest absolute Gasteiger partial charge is 0.374 e. The van der Waals surface area contributed by atoms with Crippen LogP contribution in [0.2, 0.25) is 0 Å². The van der Waals surface area contributed by atoms with Crippen molar-refractivity contribution >= 4 is 16.7 Å². The van der Waals surface area contributed by atoms with Crippen LogP contribution >= 0.6 is 11.5 Å². The third kappa shape index (κ3) is 3.87. The Bertz CT molecular complexity index is 376. The highest BCUT2D eigenvalue weighted by Crippen LogP contribution is 2.26. The normalized spacial score (nSPS) is 18.8. The second kappa shape index (κ2) is 7.17. The number of piperidine rings is 1. The molecule has 0 radical (unpaired) electrons. The molecular weight excluding hydrogens is 260 g/mol. The van der Waals surface area contributed by atoms with Crippen molar-refractivity contribution in [3.8, 4) is 0 Å². The summed E-state index contributed by atoms with van der Waals surface area (Å²) in [5.74, 6) is 1.61. The van der Waals surface area contributed by atoms with Gasteiger partial charge in [0, 0.05) is 31.7 Å². The Labute approximate surface area is 119 Å². The molecule has 0 aromatic carbocycles. The Morgan fingerprint density at radius 1 is 1.47 bits per heavy atom. The van der Waals surface area contributed by atoms with Crippen LogP contribution < -0.4 is 10.2 Å². The SMILES string of the molecule is CCNCC1CCN(c2nc(C(C)OC)ns2)CC1. The lowest BCUT2D eigenvalue weighted by Crippen LogP contribution is -2.37. The molecule has 0 spiro atoms. The van der Waals surface area contributed by atoms with Crippen molar-refractivity contribution in [2.45, 2.75) is 32.8 Å². The fraction of sp³-hybridized carbons (Fsp3) is 0.846. The first-order chi connectivity index (χ1) is 9.24. The summed E-state index contributed by atoms with van der Waals surface area (Å²) in [5, 5.41) is 4.48. The highest BCUT2D eigenvalue weighted by Gasteiger charge is 2.22. The maximum Gasteiger partial charge on any atom is 0.205 e. The third-order valence-corrected chi connectivity index (χ3v) is 4.51. The molecule has 1 fully saturated rings. The zero-order chi connectivity index (χ0) is 13.7. The number of hydrogen-bond acceptors (Lipinski definition) is 6. The molecule has 5 nitrogen and oxygen atoms in total. The summed E-state index contributed by atoms with van der Waals surface area (Å²) >= 11 is 1.49. The van der Waals surface area contributed by atoms with Crippen molar-refractivity contribution < 1.29 is 4.74 Å². The first-order valence-electron chi connectivity index (χ1n) is 7.06. The van der Waals surface area contributed by atoms with Crippen molar-refractivity contribution in [3.63, 3.8) is 0 Å². The molecule has 0 bridgehead atoms. The van der Waals surface area contributed by atoms with Crippen molar-refractivity contribution in [1.29, 1.82) is 0 Å². The lowest BCUT2D eigenvalue weighted by atomic mass is 9.97. The molecule has 2 rings (SSSR count). The van der Waals surface area contributed by atoms with E-state index in [1.165, 1.54) is 24.4 Å². The summed E-state index contributed by atoms with van der Waals surface area (Å²) in [5.41, 5.74) is 0. The molecule has 1 unspecified atom stereocenters. The molecule has 1 N–H and O–H groups in total. The fourth-order valence-electron chi connectivity index (χ4n) is 2.30. The molecule has 1 aromatic heterocycles. The molecule has 0 saturated carbocycles. The maximum atomic E-state index is 5.25. The summed E-state index contributed by atoms with van der Waals surface area (Å²) in [6, 6.07) is 0. The lowest BCUT2D eigenvalue weighted by Gasteiger charge is -2.31. The van der Waals surface area contributed by atoms with E-state index in [0.29, 0.717) is 0 Å². The molecule has 1 aromatic rings. The van der Waals surface area contributed by atoms with E-state index in [9.17, 15) is 0 Å². The van der Waals surface area contributed by atoms with E-state index in [1.54, 1.807) is 7.11 Å². The van der Waals surface area contributed by atoms with Gasteiger partial charge in [0.1, 0.15) is 6.10 Å². The van der Waals surface area contributed by atoms with Crippen molar-refractivity contribution in [2.75, 3.05) is 38.2 Å². The lowest BCUT2D eigenvalue weighted by molar-refractivity contribution is 0.113. The van der Waals surface area contributed by atoms with E-state index >= 15 is 0 Å². The Kier molecular flexibility index (Phi) is 5.54. The van der Waals surface area contributed by atoms with Gasteiger partial charge in [0.25, 0.3) is 0 Å². The second-order valence-corrected chi connectivity index (χ2v) is 5.78. The van der Waals surface area contributed by atoms with Gasteiger partial charge < -0.3 is 15.0 Å². The van der Waals surface area contributed by atoms with Gasteiger partial charge in [-0.1, -0.05) is 6.92 Å². The van der Waals surface area contributed by atoms with Gasteiger partial charge in [-0.05, 0) is 38.8 Å². The second-order valence-electron chi connectivity index (χ2n) is 5.05. The van der Waals surface area contributed by atoms with Gasteiger partial charge in [0.05, 0.1) is 0 Å². The molecule has 0 amide bonds. The van der Waals surface area contributed by atoms with Crippen LogP contribution in [-0.2, 0) is 4.74 Å². The van der Waals surface area contributed by atoms with Crippen molar-refractivity contribution in [3.05, 3.63) is 5.82 Å².